The number of carbonyl (C=O) groups is 2. The van der Waals surface area contributed by atoms with Gasteiger partial charge in [0.2, 0.25) is 0 Å². The number of hydrogen-bond acceptors (Lipinski definition) is 4. The van der Waals surface area contributed by atoms with Crippen molar-refractivity contribution in [1.29, 1.82) is 0 Å². The molecular weight excluding hydrogens is 451 g/mol. The van der Waals surface area contributed by atoms with Gasteiger partial charge in [-0.05, 0) is 69.0 Å². The Morgan fingerprint density at radius 1 is 0.969 bits per heavy atom. The third-order valence-electron chi connectivity index (χ3n) is 5.43. The van der Waals surface area contributed by atoms with E-state index in [4.69, 9.17) is 32.7 Å². The SMILES string of the molecule is C[C@H](Oc1cccc(Cl)c1)C(=O)N1CCC(CNC(=O)[C@@H](C)Oc2cccc(Cl)c2)CC1. The highest BCUT2D eigenvalue weighted by Crippen LogP contribution is 2.22. The van der Waals surface area contributed by atoms with E-state index in [-0.39, 0.29) is 11.8 Å². The number of rotatable bonds is 8. The average molecular weight is 479 g/mol. The first-order valence-electron chi connectivity index (χ1n) is 10.7. The molecule has 0 aliphatic carbocycles. The van der Waals surface area contributed by atoms with E-state index in [1.54, 1.807) is 62.4 Å². The second-order valence-electron chi connectivity index (χ2n) is 7.95. The minimum atomic E-state index is -0.625. The quantitative estimate of drug-likeness (QED) is 0.602. The molecule has 2 aromatic rings. The fourth-order valence-corrected chi connectivity index (χ4v) is 3.96. The molecule has 0 bridgehead atoms. The molecule has 1 N–H and O–H groups in total. The summed E-state index contributed by atoms with van der Waals surface area (Å²) in [5.74, 6) is 1.22. The van der Waals surface area contributed by atoms with E-state index in [2.05, 4.69) is 5.32 Å². The molecule has 3 rings (SSSR count). The topological polar surface area (TPSA) is 67.9 Å². The number of ether oxygens (including phenoxy) is 2. The molecule has 1 saturated heterocycles. The number of likely N-dealkylation sites (tertiary alicyclic amines) is 1. The molecular formula is C24H28Cl2N2O4. The maximum absolute atomic E-state index is 12.7. The normalized spacial score (nSPS) is 16.2. The number of piperidine rings is 1. The summed E-state index contributed by atoms with van der Waals surface area (Å²) < 4.78 is 11.4. The Morgan fingerprint density at radius 3 is 2.03 bits per heavy atom. The van der Waals surface area contributed by atoms with E-state index < -0.39 is 12.2 Å². The van der Waals surface area contributed by atoms with E-state index in [1.165, 1.54) is 0 Å². The minimum absolute atomic E-state index is 0.0454. The van der Waals surface area contributed by atoms with Gasteiger partial charge in [-0.1, -0.05) is 35.3 Å². The zero-order chi connectivity index (χ0) is 23.1. The second-order valence-corrected chi connectivity index (χ2v) is 8.82. The highest BCUT2D eigenvalue weighted by molar-refractivity contribution is 6.31. The number of halogens is 2. The van der Waals surface area contributed by atoms with Crippen LogP contribution in [0.4, 0.5) is 0 Å². The largest absolute Gasteiger partial charge is 0.481 e. The van der Waals surface area contributed by atoms with E-state index in [0.29, 0.717) is 47.1 Å². The summed E-state index contributed by atoms with van der Waals surface area (Å²) in [4.78, 5) is 26.9. The van der Waals surface area contributed by atoms with Gasteiger partial charge in [-0.2, -0.15) is 0 Å². The van der Waals surface area contributed by atoms with Crippen molar-refractivity contribution >= 4 is 35.0 Å². The summed E-state index contributed by atoms with van der Waals surface area (Å²) in [6.45, 7) is 5.28. The summed E-state index contributed by atoms with van der Waals surface area (Å²) in [6.07, 6.45) is 0.424. The van der Waals surface area contributed by atoms with Crippen molar-refractivity contribution in [3.8, 4) is 11.5 Å². The Kier molecular flexibility index (Phi) is 8.65. The van der Waals surface area contributed by atoms with Crippen LogP contribution in [0.1, 0.15) is 26.7 Å². The average Bonchev–Trinajstić information content (AvgIpc) is 2.77. The van der Waals surface area contributed by atoms with Gasteiger partial charge in [0.15, 0.2) is 12.2 Å². The van der Waals surface area contributed by atoms with Crippen LogP contribution in [0.3, 0.4) is 0 Å². The summed E-state index contributed by atoms with van der Waals surface area (Å²) in [7, 11) is 0. The van der Waals surface area contributed by atoms with Crippen LogP contribution in [-0.2, 0) is 9.59 Å². The van der Waals surface area contributed by atoms with Gasteiger partial charge < -0.3 is 19.7 Å². The van der Waals surface area contributed by atoms with Gasteiger partial charge in [-0.3, -0.25) is 9.59 Å². The summed E-state index contributed by atoms with van der Waals surface area (Å²) in [6, 6.07) is 14.0. The van der Waals surface area contributed by atoms with Crippen molar-refractivity contribution in [2.45, 2.75) is 38.9 Å². The lowest BCUT2D eigenvalue weighted by atomic mass is 9.96. The van der Waals surface area contributed by atoms with Crippen molar-refractivity contribution in [3.05, 3.63) is 58.6 Å². The van der Waals surface area contributed by atoms with E-state index >= 15 is 0 Å². The molecule has 0 radical (unpaired) electrons. The maximum atomic E-state index is 12.7. The van der Waals surface area contributed by atoms with Crippen LogP contribution >= 0.6 is 23.2 Å². The molecule has 32 heavy (non-hydrogen) atoms. The van der Waals surface area contributed by atoms with Gasteiger partial charge in [-0.25, -0.2) is 0 Å². The van der Waals surface area contributed by atoms with Crippen LogP contribution in [0.15, 0.2) is 48.5 Å². The molecule has 1 aliphatic heterocycles. The molecule has 2 amide bonds. The number of nitrogens with zero attached hydrogens (tertiary/aromatic N) is 1. The van der Waals surface area contributed by atoms with Crippen molar-refractivity contribution in [2.24, 2.45) is 5.92 Å². The van der Waals surface area contributed by atoms with Crippen molar-refractivity contribution in [2.75, 3.05) is 19.6 Å². The van der Waals surface area contributed by atoms with Gasteiger partial charge in [0.25, 0.3) is 11.8 Å². The van der Waals surface area contributed by atoms with Crippen LogP contribution in [0.2, 0.25) is 10.0 Å². The van der Waals surface area contributed by atoms with Gasteiger partial charge in [0.1, 0.15) is 11.5 Å². The molecule has 1 aliphatic rings. The minimum Gasteiger partial charge on any atom is -0.481 e. The predicted octanol–water partition coefficient (Wildman–Crippen LogP) is 4.58. The summed E-state index contributed by atoms with van der Waals surface area (Å²) >= 11 is 11.9. The van der Waals surface area contributed by atoms with Crippen LogP contribution in [0.25, 0.3) is 0 Å². The molecule has 0 aromatic heterocycles. The Balaban J connectivity index is 1.39. The molecule has 172 valence electrons. The van der Waals surface area contributed by atoms with E-state index in [0.717, 1.165) is 12.8 Å². The monoisotopic (exact) mass is 478 g/mol. The van der Waals surface area contributed by atoms with Crippen molar-refractivity contribution in [1.82, 2.24) is 10.2 Å². The Bertz CT molecular complexity index is 932. The standard InChI is InChI=1S/C24H28Cl2N2O4/c1-16(31-21-7-3-5-19(25)13-21)23(29)27-15-18-9-11-28(12-10-18)24(30)17(2)32-22-8-4-6-20(26)14-22/h3-8,13-14,16-18H,9-12,15H2,1-2H3,(H,27,29)/t16-,17+/m1/s1. The number of amides is 2. The molecule has 0 unspecified atom stereocenters. The fraction of sp³-hybridized carbons (Fsp3) is 0.417. The van der Waals surface area contributed by atoms with Crippen LogP contribution in [-0.4, -0.2) is 48.6 Å². The molecule has 1 heterocycles. The number of carbonyl (C=O) groups excluding carboxylic acids is 2. The molecule has 0 saturated carbocycles. The lowest BCUT2D eigenvalue weighted by Crippen LogP contribution is -2.47. The van der Waals surface area contributed by atoms with Gasteiger partial charge in [0, 0.05) is 29.7 Å². The first-order chi connectivity index (χ1) is 15.3. The number of benzene rings is 2. The first kappa shape index (κ1) is 24.2. The Morgan fingerprint density at radius 2 is 1.50 bits per heavy atom. The van der Waals surface area contributed by atoms with Crippen LogP contribution < -0.4 is 14.8 Å². The molecule has 2 atom stereocenters. The zero-order valence-electron chi connectivity index (χ0n) is 18.2. The Hall–Kier alpha value is -2.44. The van der Waals surface area contributed by atoms with Gasteiger partial charge in [0.05, 0.1) is 0 Å². The van der Waals surface area contributed by atoms with Crippen molar-refractivity contribution < 1.29 is 19.1 Å². The second kappa shape index (κ2) is 11.4. The summed E-state index contributed by atoms with van der Waals surface area (Å²) in [5, 5.41) is 4.08. The van der Waals surface area contributed by atoms with Crippen LogP contribution in [0, 0.1) is 5.92 Å². The van der Waals surface area contributed by atoms with E-state index in [9.17, 15) is 9.59 Å². The van der Waals surface area contributed by atoms with Crippen LogP contribution in [0.5, 0.6) is 11.5 Å². The predicted molar refractivity (Wildman–Crippen MR) is 125 cm³/mol. The third kappa shape index (κ3) is 7.04. The smallest absolute Gasteiger partial charge is 0.263 e. The maximum Gasteiger partial charge on any atom is 0.263 e. The first-order valence-corrected chi connectivity index (χ1v) is 11.5. The highest BCUT2D eigenvalue weighted by Gasteiger charge is 2.27. The zero-order valence-corrected chi connectivity index (χ0v) is 19.7. The molecule has 8 heteroatoms. The molecule has 0 spiro atoms. The third-order valence-corrected chi connectivity index (χ3v) is 5.90. The number of nitrogens with one attached hydrogen (secondary N) is 1. The lowest BCUT2D eigenvalue weighted by molar-refractivity contribution is -0.139. The number of hydrogen-bond donors (Lipinski definition) is 1. The Labute approximate surface area is 198 Å². The lowest BCUT2D eigenvalue weighted by Gasteiger charge is -2.33. The van der Waals surface area contributed by atoms with Gasteiger partial charge in [-0.15, -0.1) is 0 Å². The molecule has 2 aromatic carbocycles. The van der Waals surface area contributed by atoms with Gasteiger partial charge >= 0.3 is 0 Å². The van der Waals surface area contributed by atoms with Crippen molar-refractivity contribution in [3.63, 3.8) is 0 Å². The van der Waals surface area contributed by atoms with E-state index in [1.807, 2.05) is 4.90 Å². The summed E-state index contributed by atoms with van der Waals surface area (Å²) in [5.41, 5.74) is 0. The molecule has 1 fully saturated rings. The highest BCUT2D eigenvalue weighted by atomic mass is 35.5. The fourth-order valence-electron chi connectivity index (χ4n) is 3.60. The molecule has 6 nitrogen and oxygen atoms in total.